The molecule has 0 saturated carbocycles. The van der Waals surface area contributed by atoms with Crippen LogP contribution in [0.3, 0.4) is 0 Å². The lowest BCUT2D eigenvalue weighted by Gasteiger charge is -2.11. The number of hydrogen-bond acceptors (Lipinski definition) is 8. The van der Waals surface area contributed by atoms with E-state index in [2.05, 4.69) is 9.47 Å². The second-order valence-corrected chi connectivity index (χ2v) is 4.03. The molecule has 1 rings (SSSR count). The average molecular weight is 310 g/mol. The van der Waals surface area contributed by atoms with Crippen molar-refractivity contribution in [3.05, 3.63) is 34.9 Å². The summed E-state index contributed by atoms with van der Waals surface area (Å²) in [6.07, 6.45) is 0.340. The highest BCUT2D eigenvalue weighted by Crippen LogP contribution is 2.18. The maximum absolute atomic E-state index is 12.0. The Hall–Kier alpha value is -2.58. The molecule has 0 bridgehead atoms. The Morgan fingerprint density at radius 3 is 2.00 bits per heavy atom. The standard InChI is InChI=1S/C14H14O8/c1-2-8-4-3-5-9(13(19)21-10(17)6-15)12(8)14(20)22-11(18)7-16/h3-5,15-16H,2,6-7H2,1H3. The van der Waals surface area contributed by atoms with E-state index < -0.39 is 37.1 Å². The van der Waals surface area contributed by atoms with E-state index in [0.717, 1.165) is 0 Å². The van der Waals surface area contributed by atoms with Crippen molar-refractivity contribution in [1.29, 1.82) is 0 Å². The molecule has 22 heavy (non-hydrogen) atoms. The maximum atomic E-state index is 12.0. The number of aliphatic hydroxyl groups excluding tert-OH is 2. The van der Waals surface area contributed by atoms with Gasteiger partial charge in [-0.05, 0) is 18.1 Å². The Kier molecular flexibility index (Phi) is 6.36. The van der Waals surface area contributed by atoms with Gasteiger partial charge in [0, 0.05) is 0 Å². The normalized spacial score (nSPS) is 9.95. The van der Waals surface area contributed by atoms with Crippen molar-refractivity contribution < 1.29 is 38.9 Å². The fraction of sp³-hybridized carbons (Fsp3) is 0.286. The van der Waals surface area contributed by atoms with E-state index in [-0.39, 0.29) is 11.1 Å². The van der Waals surface area contributed by atoms with E-state index >= 15 is 0 Å². The molecular weight excluding hydrogens is 296 g/mol. The van der Waals surface area contributed by atoms with Crippen molar-refractivity contribution in [3.63, 3.8) is 0 Å². The molecular formula is C14H14O8. The lowest BCUT2D eigenvalue weighted by Crippen LogP contribution is -2.22. The van der Waals surface area contributed by atoms with Gasteiger partial charge in [0.15, 0.2) is 0 Å². The van der Waals surface area contributed by atoms with Crippen molar-refractivity contribution in [2.24, 2.45) is 0 Å². The summed E-state index contributed by atoms with van der Waals surface area (Å²) in [5, 5.41) is 17.2. The fourth-order valence-electron chi connectivity index (χ4n) is 1.68. The Labute approximate surface area is 125 Å². The largest absolute Gasteiger partial charge is 0.388 e. The molecule has 0 fully saturated rings. The minimum Gasteiger partial charge on any atom is -0.388 e. The van der Waals surface area contributed by atoms with E-state index in [1.54, 1.807) is 6.92 Å². The molecule has 0 atom stereocenters. The van der Waals surface area contributed by atoms with Gasteiger partial charge in [-0.15, -0.1) is 0 Å². The van der Waals surface area contributed by atoms with Gasteiger partial charge in [-0.2, -0.15) is 0 Å². The fourth-order valence-corrected chi connectivity index (χ4v) is 1.68. The van der Waals surface area contributed by atoms with E-state index in [0.29, 0.717) is 12.0 Å². The van der Waals surface area contributed by atoms with Crippen LogP contribution in [-0.4, -0.2) is 47.3 Å². The van der Waals surface area contributed by atoms with Crippen molar-refractivity contribution in [2.45, 2.75) is 13.3 Å². The second kappa shape index (κ2) is 8.01. The minimum absolute atomic E-state index is 0.234. The number of benzene rings is 1. The molecule has 0 amide bonds. The number of aryl methyl sites for hydroxylation is 1. The predicted molar refractivity (Wildman–Crippen MR) is 70.8 cm³/mol. The summed E-state index contributed by atoms with van der Waals surface area (Å²) in [5.41, 5.74) is -0.124. The summed E-state index contributed by atoms with van der Waals surface area (Å²) in [6.45, 7) is -0.293. The van der Waals surface area contributed by atoms with Gasteiger partial charge in [-0.3, -0.25) is 0 Å². The smallest absolute Gasteiger partial charge is 0.347 e. The number of rotatable bonds is 5. The number of ether oxygens (including phenoxy) is 2. The molecule has 0 heterocycles. The van der Waals surface area contributed by atoms with Gasteiger partial charge in [0.1, 0.15) is 13.2 Å². The van der Waals surface area contributed by atoms with Crippen LogP contribution in [0.1, 0.15) is 33.2 Å². The van der Waals surface area contributed by atoms with Crippen molar-refractivity contribution in [2.75, 3.05) is 13.2 Å². The first kappa shape index (κ1) is 17.5. The summed E-state index contributed by atoms with van der Waals surface area (Å²) < 4.78 is 8.72. The highest BCUT2D eigenvalue weighted by atomic mass is 16.6. The topological polar surface area (TPSA) is 127 Å². The molecule has 0 radical (unpaired) electrons. The third-order valence-corrected chi connectivity index (χ3v) is 2.63. The first-order valence-corrected chi connectivity index (χ1v) is 6.28. The third-order valence-electron chi connectivity index (χ3n) is 2.63. The van der Waals surface area contributed by atoms with Crippen LogP contribution in [0.5, 0.6) is 0 Å². The molecule has 118 valence electrons. The quantitative estimate of drug-likeness (QED) is 0.555. The van der Waals surface area contributed by atoms with Crippen LogP contribution in [-0.2, 0) is 25.5 Å². The van der Waals surface area contributed by atoms with E-state index in [4.69, 9.17) is 10.2 Å². The zero-order valence-electron chi connectivity index (χ0n) is 11.7. The molecule has 0 aliphatic heterocycles. The molecule has 0 aliphatic carbocycles. The van der Waals surface area contributed by atoms with Gasteiger partial charge in [-0.25, -0.2) is 19.2 Å². The van der Waals surface area contributed by atoms with Gasteiger partial charge in [0.2, 0.25) is 0 Å². The summed E-state index contributed by atoms with van der Waals surface area (Å²) in [4.78, 5) is 45.8. The zero-order valence-corrected chi connectivity index (χ0v) is 11.7. The Bertz CT molecular complexity index is 605. The molecule has 0 unspecified atom stereocenters. The van der Waals surface area contributed by atoms with Crippen LogP contribution in [0, 0.1) is 0 Å². The molecule has 0 spiro atoms. The number of hydrogen-bond donors (Lipinski definition) is 2. The Morgan fingerprint density at radius 2 is 1.50 bits per heavy atom. The second-order valence-electron chi connectivity index (χ2n) is 4.03. The predicted octanol–water partition coefficient (Wildman–Crippen LogP) is -0.400. The number of aliphatic hydroxyl groups is 2. The highest BCUT2D eigenvalue weighted by molar-refractivity contribution is 6.08. The first-order valence-electron chi connectivity index (χ1n) is 6.28. The van der Waals surface area contributed by atoms with E-state index in [1.807, 2.05) is 0 Å². The molecule has 8 nitrogen and oxygen atoms in total. The highest BCUT2D eigenvalue weighted by Gasteiger charge is 2.25. The van der Waals surface area contributed by atoms with Crippen LogP contribution in [0.15, 0.2) is 18.2 Å². The van der Waals surface area contributed by atoms with Gasteiger partial charge in [0.05, 0.1) is 11.1 Å². The van der Waals surface area contributed by atoms with Gasteiger partial charge in [-0.1, -0.05) is 19.1 Å². The van der Waals surface area contributed by atoms with Crippen LogP contribution in [0.25, 0.3) is 0 Å². The SMILES string of the molecule is CCc1cccc(C(=O)OC(=O)CO)c1C(=O)OC(=O)CO. The lowest BCUT2D eigenvalue weighted by molar-refractivity contribution is -0.142. The third kappa shape index (κ3) is 4.21. The maximum Gasteiger partial charge on any atom is 0.347 e. The van der Waals surface area contributed by atoms with Crippen molar-refractivity contribution in [3.8, 4) is 0 Å². The van der Waals surface area contributed by atoms with Crippen LogP contribution < -0.4 is 0 Å². The van der Waals surface area contributed by atoms with Gasteiger partial charge < -0.3 is 19.7 Å². The van der Waals surface area contributed by atoms with Gasteiger partial charge >= 0.3 is 23.9 Å². The molecule has 0 saturated heterocycles. The van der Waals surface area contributed by atoms with Crippen molar-refractivity contribution in [1.82, 2.24) is 0 Å². The number of carbonyl (C=O) groups is 4. The van der Waals surface area contributed by atoms with Crippen LogP contribution >= 0.6 is 0 Å². The summed E-state index contributed by atoms with van der Waals surface area (Å²) in [5.74, 6) is -4.66. The van der Waals surface area contributed by atoms with Crippen LogP contribution in [0.2, 0.25) is 0 Å². The molecule has 1 aromatic carbocycles. The average Bonchev–Trinajstić information content (AvgIpc) is 2.53. The number of carbonyl (C=O) groups excluding carboxylic acids is 4. The Balaban J connectivity index is 3.22. The minimum atomic E-state index is -1.18. The lowest BCUT2D eigenvalue weighted by atomic mass is 9.99. The summed E-state index contributed by atoms with van der Waals surface area (Å²) in [6, 6.07) is 4.21. The van der Waals surface area contributed by atoms with E-state index in [1.165, 1.54) is 18.2 Å². The Morgan fingerprint density at radius 1 is 0.955 bits per heavy atom. The summed E-state index contributed by atoms with van der Waals surface area (Å²) >= 11 is 0. The summed E-state index contributed by atoms with van der Waals surface area (Å²) in [7, 11) is 0. The molecule has 1 aromatic rings. The van der Waals surface area contributed by atoms with Gasteiger partial charge in [0.25, 0.3) is 0 Å². The molecule has 0 aromatic heterocycles. The molecule has 2 N–H and O–H groups in total. The molecule has 8 heteroatoms. The van der Waals surface area contributed by atoms with E-state index in [9.17, 15) is 19.2 Å². The van der Waals surface area contributed by atoms with Crippen molar-refractivity contribution >= 4 is 23.9 Å². The van der Waals surface area contributed by atoms with Crippen LogP contribution in [0.4, 0.5) is 0 Å². The first-order chi connectivity index (χ1) is 10.4. The monoisotopic (exact) mass is 310 g/mol. The zero-order chi connectivity index (χ0) is 16.7. The molecule has 0 aliphatic rings. The number of esters is 4.